The van der Waals surface area contributed by atoms with Crippen molar-refractivity contribution in [1.29, 1.82) is 0 Å². The van der Waals surface area contributed by atoms with Crippen molar-refractivity contribution in [2.45, 2.75) is 26.4 Å². The fraction of sp³-hybridized carbons (Fsp3) is 0.278. The maximum atomic E-state index is 12.3. The molecule has 0 saturated carbocycles. The van der Waals surface area contributed by atoms with Crippen LogP contribution in [0.15, 0.2) is 48.5 Å². The monoisotopic (exact) mass is 316 g/mol. The first-order valence-corrected chi connectivity index (χ1v) is 7.66. The molecule has 0 fully saturated rings. The van der Waals surface area contributed by atoms with Crippen LogP contribution in [0.1, 0.15) is 18.1 Å². The highest BCUT2D eigenvalue weighted by atomic mass is 35.5. The standard InChI is InChI=1S/C18H21ClN2O/c1-13-6-4-5-7-15(13)12-21(3)14(2)18(22)20-17-10-8-16(19)9-11-17/h4-11,14H,12H2,1-3H3,(H,20,22). The van der Waals surface area contributed by atoms with E-state index in [2.05, 4.69) is 24.4 Å². The summed E-state index contributed by atoms with van der Waals surface area (Å²) in [4.78, 5) is 14.4. The van der Waals surface area contributed by atoms with E-state index in [1.807, 2.05) is 31.0 Å². The zero-order valence-electron chi connectivity index (χ0n) is 13.1. The van der Waals surface area contributed by atoms with Crippen LogP contribution in [0.2, 0.25) is 5.02 Å². The second kappa shape index (κ2) is 7.43. The summed E-state index contributed by atoms with van der Waals surface area (Å²) in [7, 11) is 1.96. The molecule has 0 aliphatic carbocycles. The number of carbonyl (C=O) groups excluding carboxylic acids is 1. The SMILES string of the molecule is Cc1ccccc1CN(C)C(C)C(=O)Nc1ccc(Cl)cc1. The van der Waals surface area contributed by atoms with Gasteiger partial charge in [-0.05, 0) is 56.3 Å². The van der Waals surface area contributed by atoms with E-state index in [1.54, 1.807) is 24.3 Å². The summed E-state index contributed by atoms with van der Waals surface area (Å²) in [5, 5.41) is 3.57. The van der Waals surface area contributed by atoms with E-state index in [0.29, 0.717) is 5.02 Å². The van der Waals surface area contributed by atoms with Crippen molar-refractivity contribution < 1.29 is 4.79 Å². The van der Waals surface area contributed by atoms with Gasteiger partial charge in [0, 0.05) is 17.3 Å². The van der Waals surface area contributed by atoms with Crippen LogP contribution < -0.4 is 5.32 Å². The van der Waals surface area contributed by atoms with E-state index in [0.717, 1.165) is 12.2 Å². The number of benzene rings is 2. The molecular formula is C18H21ClN2O. The van der Waals surface area contributed by atoms with Gasteiger partial charge in [0.2, 0.25) is 5.91 Å². The number of amides is 1. The molecule has 2 aromatic carbocycles. The number of aryl methyl sites for hydroxylation is 1. The predicted molar refractivity (Wildman–Crippen MR) is 92.2 cm³/mol. The van der Waals surface area contributed by atoms with Crippen LogP contribution in [0.3, 0.4) is 0 Å². The van der Waals surface area contributed by atoms with Crippen LogP contribution in [0.5, 0.6) is 0 Å². The molecule has 3 nitrogen and oxygen atoms in total. The Bertz CT molecular complexity index is 640. The third-order valence-electron chi connectivity index (χ3n) is 3.83. The number of carbonyl (C=O) groups is 1. The summed E-state index contributed by atoms with van der Waals surface area (Å²) in [6.45, 7) is 4.73. The van der Waals surface area contributed by atoms with Crippen LogP contribution in [0.4, 0.5) is 5.69 Å². The lowest BCUT2D eigenvalue weighted by atomic mass is 10.1. The number of anilines is 1. The molecule has 4 heteroatoms. The molecule has 0 bridgehead atoms. The number of rotatable bonds is 5. The molecule has 0 heterocycles. The first-order chi connectivity index (χ1) is 10.5. The van der Waals surface area contributed by atoms with Gasteiger partial charge in [0.15, 0.2) is 0 Å². The van der Waals surface area contributed by atoms with Crippen molar-refractivity contribution >= 4 is 23.2 Å². The largest absolute Gasteiger partial charge is 0.325 e. The van der Waals surface area contributed by atoms with Gasteiger partial charge >= 0.3 is 0 Å². The van der Waals surface area contributed by atoms with Crippen molar-refractivity contribution in [3.63, 3.8) is 0 Å². The zero-order valence-corrected chi connectivity index (χ0v) is 13.9. The number of nitrogens with zero attached hydrogens (tertiary/aromatic N) is 1. The number of hydrogen-bond acceptors (Lipinski definition) is 2. The molecule has 1 amide bonds. The van der Waals surface area contributed by atoms with Crippen molar-refractivity contribution in [3.8, 4) is 0 Å². The van der Waals surface area contributed by atoms with Crippen molar-refractivity contribution in [3.05, 3.63) is 64.7 Å². The Balaban J connectivity index is 1.97. The molecule has 0 saturated heterocycles. The van der Waals surface area contributed by atoms with Crippen molar-refractivity contribution in [1.82, 2.24) is 4.90 Å². The molecular weight excluding hydrogens is 296 g/mol. The molecule has 1 atom stereocenters. The molecule has 2 rings (SSSR count). The molecule has 0 aromatic heterocycles. The van der Waals surface area contributed by atoms with E-state index in [4.69, 9.17) is 11.6 Å². The average Bonchev–Trinajstić information content (AvgIpc) is 2.51. The lowest BCUT2D eigenvalue weighted by molar-refractivity contribution is -0.120. The Kier molecular flexibility index (Phi) is 5.58. The smallest absolute Gasteiger partial charge is 0.241 e. The highest BCUT2D eigenvalue weighted by molar-refractivity contribution is 6.30. The maximum Gasteiger partial charge on any atom is 0.241 e. The lowest BCUT2D eigenvalue weighted by Crippen LogP contribution is -2.39. The van der Waals surface area contributed by atoms with Gasteiger partial charge in [0.05, 0.1) is 6.04 Å². The summed E-state index contributed by atoms with van der Waals surface area (Å²) in [6, 6.07) is 15.1. The van der Waals surface area contributed by atoms with Crippen molar-refractivity contribution in [2.75, 3.05) is 12.4 Å². The Morgan fingerprint density at radius 3 is 2.45 bits per heavy atom. The first-order valence-electron chi connectivity index (χ1n) is 7.28. The third kappa shape index (κ3) is 4.33. The minimum atomic E-state index is -0.227. The zero-order chi connectivity index (χ0) is 16.1. The van der Waals surface area contributed by atoms with Gasteiger partial charge in [-0.2, -0.15) is 0 Å². The van der Waals surface area contributed by atoms with E-state index in [9.17, 15) is 4.79 Å². The molecule has 1 N–H and O–H groups in total. The minimum absolute atomic E-state index is 0.0293. The Hall–Kier alpha value is -1.84. The molecule has 2 aromatic rings. The summed E-state index contributed by atoms with van der Waals surface area (Å²) >= 11 is 5.85. The fourth-order valence-electron chi connectivity index (χ4n) is 2.17. The minimum Gasteiger partial charge on any atom is -0.325 e. The Labute approximate surface area is 136 Å². The van der Waals surface area contributed by atoms with E-state index in [1.165, 1.54) is 11.1 Å². The third-order valence-corrected chi connectivity index (χ3v) is 4.09. The summed E-state index contributed by atoms with van der Waals surface area (Å²) < 4.78 is 0. The normalized spacial score (nSPS) is 12.2. The molecule has 0 radical (unpaired) electrons. The molecule has 0 spiro atoms. The first kappa shape index (κ1) is 16.5. The second-order valence-electron chi connectivity index (χ2n) is 5.51. The number of hydrogen-bond donors (Lipinski definition) is 1. The predicted octanol–water partition coefficient (Wildman–Crippen LogP) is 4.11. The van der Waals surface area contributed by atoms with Crippen LogP contribution >= 0.6 is 11.6 Å². The van der Waals surface area contributed by atoms with Crippen LogP contribution in [-0.2, 0) is 11.3 Å². The van der Waals surface area contributed by atoms with Crippen LogP contribution in [0, 0.1) is 6.92 Å². The van der Waals surface area contributed by atoms with Crippen molar-refractivity contribution in [2.24, 2.45) is 0 Å². The average molecular weight is 317 g/mol. The number of nitrogens with one attached hydrogen (secondary N) is 1. The van der Waals surface area contributed by atoms with Gasteiger partial charge < -0.3 is 5.32 Å². The molecule has 22 heavy (non-hydrogen) atoms. The van der Waals surface area contributed by atoms with Gasteiger partial charge in [0.25, 0.3) is 0 Å². The maximum absolute atomic E-state index is 12.3. The quantitative estimate of drug-likeness (QED) is 0.900. The number of likely N-dealkylation sites (N-methyl/N-ethyl adjacent to an activating group) is 1. The summed E-state index contributed by atoms with van der Waals surface area (Å²) in [6.07, 6.45) is 0. The van der Waals surface area contributed by atoms with Gasteiger partial charge in [-0.25, -0.2) is 0 Å². The highest BCUT2D eigenvalue weighted by Gasteiger charge is 2.18. The fourth-order valence-corrected chi connectivity index (χ4v) is 2.30. The van der Waals surface area contributed by atoms with E-state index >= 15 is 0 Å². The van der Waals surface area contributed by atoms with E-state index < -0.39 is 0 Å². The molecule has 116 valence electrons. The molecule has 1 unspecified atom stereocenters. The lowest BCUT2D eigenvalue weighted by Gasteiger charge is -2.24. The van der Waals surface area contributed by atoms with Gasteiger partial charge in [-0.3, -0.25) is 9.69 Å². The van der Waals surface area contributed by atoms with Crippen LogP contribution in [0.25, 0.3) is 0 Å². The summed E-state index contributed by atoms with van der Waals surface area (Å²) in [5.74, 6) is -0.0293. The van der Waals surface area contributed by atoms with Gasteiger partial charge in [-0.15, -0.1) is 0 Å². The molecule has 0 aliphatic heterocycles. The topological polar surface area (TPSA) is 32.3 Å². The van der Waals surface area contributed by atoms with Crippen LogP contribution in [-0.4, -0.2) is 23.9 Å². The van der Waals surface area contributed by atoms with Gasteiger partial charge in [-0.1, -0.05) is 35.9 Å². The second-order valence-corrected chi connectivity index (χ2v) is 5.95. The Morgan fingerprint density at radius 2 is 1.82 bits per heavy atom. The number of halogens is 1. The Morgan fingerprint density at radius 1 is 1.18 bits per heavy atom. The summed E-state index contributed by atoms with van der Waals surface area (Å²) in [5.41, 5.74) is 3.22. The van der Waals surface area contributed by atoms with E-state index in [-0.39, 0.29) is 11.9 Å². The highest BCUT2D eigenvalue weighted by Crippen LogP contribution is 2.15. The molecule has 0 aliphatic rings. The van der Waals surface area contributed by atoms with Gasteiger partial charge in [0.1, 0.15) is 0 Å².